The molecule has 1 heterocycles. The molecule has 19 heavy (non-hydrogen) atoms. The quantitative estimate of drug-likeness (QED) is 0.818. The Hall–Kier alpha value is -1.39. The molecular formula is C15H20N2OS. The fourth-order valence-corrected chi connectivity index (χ4v) is 2.88. The Morgan fingerprint density at radius 1 is 1.37 bits per heavy atom. The van der Waals surface area contributed by atoms with E-state index in [1.807, 2.05) is 18.2 Å². The second-order valence-corrected chi connectivity index (χ2v) is 5.52. The summed E-state index contributed by atoms with van der Waals surface area (Å²) in [6, 6.07) is 8.05. The van der Waals surface area contributed by atoms with Crippen molar-refractivity contribution in [3.63, 3.8) is 0 Å². The fraction of sp³-hybridized carbons (Fsp3) is 0.400. The second-order valence-electron chi connectivity index (χ2n) is 4.44. The van der Waals surface area contributed by atoms with E-state index in [2.05, 4.69) is 30.2 Å². The van der Waals surface area contributed by atoms with E-state index < -0.39 is 0 Å². The summed E-state index contributed by atoms with van der Waals surface area (Å²) in [5.74, 6) is 0.871. The molecule has 1 aromatic heterocycles. The molecule has 0 atom stereocenters. The maximum Gasteiger partial charge on any atom is 0.124 e. The molecule has 0 unspecified atom stereocenters. The molecule has 1 aromatic carbocycles. The predicted octanol–water partition coefficient (Wildman–Crippen LogP) is 3.63. The Bertz CT molecular complexity index is 537. The standard InChI is InChI=1S/C15H20N2OS/c1-4-8-16-10-14-11(2)17-15(19-14)12-6-5-7-13(9-12)18-3/h5-7,9,16H,4,8,10H2,1-3H3. The van der Waals surface area contributed by atoms with Crippen molar-refractivity contribution in [2.24, 2.45) is 0 Å². The number of hydrogen-bond donors (Lipinski definition) is 1. The van der Waals surface area contributed by atoms with Crippen molar-refractivity contribution in [2.45, 2.75) is 26.8 Å². The number of thiazole rings is 1. The molecule has 102 valence electrons. The Kier molecular flexibility index (Phi) is 4.93. The van der Waals surface area contributed by atoms with Gasteiger partial charge in [-0.05, 0) is 32.0 Å². The molecule has 2 aromatic rings. The smallest absolute Gasteiger partial charge is 0.124 e. The molecule has 0 fully saturated rings. The maximum absolute atomic E-state index is 5.26. The zero-order valence-corrected chi connectivity index (χ0v) is 12.5. The van der Waals surface area contributed by atoms with Gasteiger partial charge in [0.1, 0.15) is 10.8 Å². The highest BCUT2D eigenvalue weighted by atomic mass is 32.1. The van der Waals surface area contributed by atoms with Gasteiger partial charge in [-0.3, -0.25) is 0 Å². The molecule has 0 aliphatic rings. The van der Waals surface area contributed by atoms with Crippen LogP contribution in [0, 0.1) is 6.92 Å². The van der Waals surface area contributed by atoms with Gasteiger partial charge in [0.05, 0.1) is 12.8 Å². The van der Waals surface area contributed by atoms with Gasteiger partial charge in [0, 0.05) is 17.0 Å². The summed E-state index contributed by atoms with van der Waals surface area (Å²) in [5.41, 5.74) is 2.24. The Morgan fingerprint density at radius 3 is 2.95 bits per heavy atom. The van der Waals surface area contributed by atoms with Crippen LogP contribution in [0.4, 0.5) is 0 Å². The maximum atomic E-state index is 5.26. The van der Waals surface area contributed by atoms with Gasteiger partial charge in [0.25, 0.3) is 0 Å². The minimum absolute atomic E-state index is 0.871. The lowest BCUT2D eigenvalue weighted by molar-refractivity contribution is 0.415. The minimum atomic E-state index is 0.871. The highest BCUT2D eigenvalue weighted by Crippen LogP contribution is 2.29. The first-order valence-corrected chi connectivity index (χ1v) is 7.37. The SMILES string of the molecule is CCCNCc1sc(-c2cccc(OC)c2)nc1C. The van der Waals surface area contributed by atoms with Crippen LogP contribution in [0.15, 0.2) is 24.3 Å². The average Bonchev–Trinajstić information content (AvgIpc) is 2.81. The topological polar surface area (TPSA) is 34.1 Å². The first kappa shape index (κ1) is 14.0. The highest BCUT2D eigenvalue weighted by molar-refractivity contribution is 7.15. The van der Waals surface area contributed by atoms with Gasteiger partial charge in [0.2, 0.25) is 0 Å². The van der Waals surface area contributed by atoms with Crippen LogP contribution in [0.2, 0.25) is 0 Å². The molecule has 3 nitrogen and oxygen atoms in total. The third-order valence-corrected chi connectivity index (χ3v) is 4.13. The van der Waals surface area contributed by atoms with Crippen molar-refractivity contribution in [1.82, 2.24) is 10.3 Å². The van der Waals surface area contributed by atoms with E-state index in [1.54, 1.807) is 18.4 Å². The van der Waals surface area contributed by atoms with Crippen LogP contribution < -0.4 is 10.1 Å². The van der Waals surface area contributed by atoms with E-state index in [-0.39, 0.29) is 0 Å². The van der Waals surface area contributed by atoms with Gasteiger partial charge in [-0.1, -0.05) is 19.1 Å². The lowest BCUT2D eigenvalue weighted by atomic mass is 10.2. The summed E-state index contributed by atoms with van der Waals surface area (Å²) in [4.78, 5) is 5.97. The lowest BCUT2D eigenvalue weighted by Gasteiger charge is -2.01. The van der Waals surface area contributed by atoms with E-state index in [0.717, 1.165) is 41.5 Å². The molecule has 0 radical (unpaired) electrons. The highest BCUT2D eigenvalue weighted by Gasteiger charge is 2.09. The normalized spacial score (nSPS) is 10.7. The summed E-state index contributed by atoms with van der Waals surface area (Å²) < 4.78 is 5.26. The van der Waals surface area contributed by atoms with Crippen LogP contribution in [-0.2, 0) is 6.54 Å². The van der Waals surface area contributed by atoms with Gasteiger partial charge >= 0.3 is 0 Å². The molecule has 0 saturated heterocycles. The number of nitrogens with zero attached hydrogens (tertiary/aromatic N) is 1. The first-order chi connectivity index (χ1) is 9.24. The van der Waals surface area contributed by atoms with Crippen LogP contribution in [0.5, 0.6) is 5.75 Å². The van der Waals surface area contributed by atoms with E-state index >= 15 is 0 Å². The predicted molar refractivity (Wildman–Crippen MR) is 80.8 cm³/mol. The van der Waals surface area contributed by atoms with Crippen molar-refractivity contribution >= 4 is 11.3 Å². The number of rotatable bonds is 6. The van der Waals surface area contributed by atoms with Crippen molar-refractivity contribution in [1.29, 1.82) is 0 Å². The van der Waals surface area contributed by atoms with Gasteiger partial charge in [0.15, 0.2) is 0 Å². The van der Waals surface area contributed by atoms with Crippen LogP contribution in [-0.4, -0.2) is 18.6 Å². The number of aromatic nitrogens is 1. The molecule has 0 aliphatic heterocycles. The number of ether oxygens (including phenoxy) is 1. The lowest BCUT2D eigenvalue weighted by Crippen LogP contribution is -2.13. The first-order valence-electron chi connectivity index (χ1n) is 6.56. The Labute approximate surface area is 118 Å². The molecule has 0 saturated carbocycles. The zero-order valence-electron chi connectivity index (χ0n) is 11.7. The third-order valence-electron chi connectivity index (χ3n) is 2.92. The number of methoxy groups -OCH3 is 1. The minimum Gasteiger partial charge on any atom is -0.497 e. The van der Waals surface area contributed by atoms with E-state index in [9.17, 15) is 0 Å². The third kappa shape index (κ3) is 3.55. The summed E-state index contributed by atoms with van der Waals surface area (Å²) in [5, 5.41) is 4.49. The molecule has 0 amide bonds. The van der Waals surface area contributed by atoms with E-state index in [1.165, 1.54) is 4.88 Å². The molecule has 0 bridgehead atoms. The number of nitrogens with one attached hydrogen (secondary N) is 1. The Morgan fingerprint density at radius 2 is 2.21 bits per heavy atom. The van der Waals surface area contributed by atoms with Crippen molar-refractivity contribution in [2.75, 3.05) is 13.7 Å². The summed E-state index contributed by atoms with van der Waals surface area (Å²) in [7, 11) is 1.69. The number of aryl methyl sites for hydroxylation is 1. The van der Waals surface area contributed by atoms with Gasteiger partial charge in [-0.25, -0.2) is 4.98 Å². The summed E-state index contributed by atoms with van der Waals surface area (Å²) in [6.45, 7) is 6.20. The van der Waals surface area contributed by atoms with Crippen LogP contribution in [0.3, 0.4) is 0 Å². The zero-order chi connectivity index (χ0) is 13.7. The molecule has 4 heteroatoms. The van der Waals surface area contributed by atoms with Crippen molar-refractivity contribution < 1.29 is 4.74 Å². The number of hydrogen-bond acceptors (Lipinski definition) is 4. The average molecular weight is 276 g/mol. The van der Waals surface area contributed by atoms with Crippen LogP contribution in [0.25, 0.3) is 10.6 Å². The van der Waals surface area contributed by atoms with Crippen LogP contribution in [0.1, 0.15) is 23.9 Å². The summed E-state index contributed by atoms with van der Waals surface area (Å²) in [6.07, 6.45) is 1.15. The molecule has 1 N–H and O–H groups in total. The van der Waals surface area contributed by atoms with E-state index in [4.69, 9.17) is 4.74 Å². The summed E-state index contributed by atoms with van der Waals surface area (Å²) >= 11 is 1.75. The van der Waals surface area contributed by atoms with Gasteiger partial charge < -0.3 is 10.1 Å². The Balaban J connectivity index is 2.18. The van der Waals surface area contributed by atoms with E-state index in [0.29, 0.717) is 0 Å². The fourth-order valence-electron chi connectivity index (χ4n) is 1.85. The monoisotopic (exact) mass is 276 g/mol. The number of benzene rings is 1. The van der Waals surface area contributed by atoms with Crippen molar-refractivity contribution in [3.05, 3.63) is 34.8 Å². The van der Waals surface area contributed by atoms with Gasteiger partial charge in [-0.15, -0.1) is 11.3 Å². The second kappa shape index (κ2) is 6.68. The molecule has 0 aliphatic carbocycles. The van der Waals surface area contributed by atoms with Crippen molar-refractivity contribution in [3.8, 4) is 16.3 Å². The molecule has 0 spiro atoms. The largest absolute Gasteiger partial charge is 0.497 e. The van der Waals surface area contributed by atoms with Crippen LogP contribution >= 0.6 is 11.3 Å². The van der Waals surface area contributed by atoms with Gasteiger partial charge in [-0.2, -0.15) is 0 Å². The molecular weight excluding hydrogens is 256 g/mol. The molecule has 2 rings (SSSR count).